The Morgan fingerprint density at radius 2 is 1.91 bits per heavy atom. The van der Waals surface area contributed by atoms with Gasteiger partial charge >= 0.3 is 0 Å². The van der Waals surface area contributed by atoms with Crippen LogP contribution in [0.1, 0.15) is 22.4 Å². The molecule has 5 rings (SSSR count). The summed E-state index contributed by atoms with van der Waals surface area (Å²) < 4.78 is 1.90. The summed E-state index contributed by atoms with van der Waals surface area (Å²) in [5.74, 6) is -0.402. The molecule has 2 aromatic carbocycles. The zero-order valence-corrected chi connectivity index (χ0v) is 19.9. The number of nitrogens with zero attached hydrogens (tertiary/aromatic N) is 3. The number of nitrogens with one attached hydrogen (secondary N) is 1. The van der Waals surface area contributed by atoms with Crippen LogP contribution in [0, 0.1) is 11.3 Å². The lowest BCUT2D eigenvalue weighted by atomic mass is 10.0. The average Bonchev–Trinajstić information content (AvgIpc) is 3.54. The van der Waals surface area contributed by atoms with E-state index >= 15 is 0 Å². The van der Waals surface area contributed by atoms with Crippen molar-refractivity contribution in [3.05, 3.63) is 93.8 Å². The number of anilines is 1. The molecule has 0 saturated carbocycles. The first-order valence-corrected chi connectivity index (χ1v) is 12.4. The summed E-state index contributed by atoms with van der Waals surface area (Å²) in [4.78, 5) is 28.9. The molecule has 35 heavy (non-hydrogen) atoms. The molecule has 0 aliphatic carbocycles. The number of carbonyl (C=O) groups excluding carboxylic acids is 2. The van der Waals surface area contributed by atoms with Gasteiger partial charge in [-0.05, 0) is 48.1 Å². The van der Waals surface area contributed by atoms with E-state index in [1.165, 1.54) is 5.56 Å². The predicted molar refractivity (Wildman–Crippen MR) is 139 cm³/mol. The Kier molecular flexibility index (Phi) is 6.47. The molecular weight excluding hydrogens is 456 g/mol. The van der Waals surface area contributed by atoms with Gasteiger partial charge in [0.05, 0.1) is 6.54 Å². The Labute approximate surface area is 207 Å². The number of para-hydroxylation sites is 2. The van der Waals surface area contributed by atoms with E-state index in [-0.39, 0.29) is 18.0 Å². The van der Waals surface area contributed by atoms with E-state index in [4.69, 9.17) is 0 Å². The van der Waals surface area contributed by atoms with Crippen molar-refractivity contribution in [2.75, 3.05) is 11.4 Å². The van der Waals surface area contributed by atoms with Gasteiger partial charge < -0.3 is 14.8 Å². The third-order valence-electron chi connectivity index (χ3n) is 6.20. The molecule has 4 aromatic rings. The number of rotatable bonds is 6. The van der Waals surface area contributed by atoms with E-state index in [9.17, 15) is 14.9 Å². The number of amides is 2. The highest BCUT2D eigenvalue weighted by atomic mass is 32.1. The van der Waals surface area contributed by atoms with E-state index in [2.05, 4.69) is 11.4 Å². The maximum absolute atomic E-state index is 13.3. The molecule has 0 bridgehead atoms. The van der Waals surface area contributed by atoms with E-state index in [1.54, 1.807) is 17.4 Å². The van der Waals surface area contributed by atoms with Crippen molar-refractivity contribution in [3.63, 3.8) is 0 Å². The topological polar surface area (TPSA) is 78.1 Å². The number of hydrogen-bond acceptors (Lipinski definition) is 4. The highest BCUT2D eigenvalue weighted by Gasteiger charge is 2.23. The smallest absolute Gasteiger partial charge is 0.262 e. The van der Waals surface area contributed by atoms with Crippen LogP contribution < -0.4 is 10.2 Å². The molecule has 0 saturated heterocycles. The molecule has 1 N–H and O–H groups in total. The van der Waals surface area contributed by atoms with Gasteiger partial charge in [0.25, 0.3) is 5.91 Å². The number of nitriles is 1. The summed E-state index contributed by atoms with van der Waals surface area (Å²) in [6.45, 7) is 1.25. The van der Waals surface area contributed by atoms with Crippen molar-refractivity contribution in [2.24, 2.45) is 0 Å². The van der Waals surface area contributed by atoms with Crippen molar-refractivity contribution >= 4 is 45.8 Å². The normalized spacial score (nSPS) is 13.3. The van der Waals surface area contributed by atoms with Crippen LogP contribution in [0.5, 0.6) is 0 Å². The third kappa shape index (κ3) is 4.75. The lowest BCUT2D eigenvalue weighted by molar-refractivity contribution is -0.119. The summed E-state index contributed by atoms with van der Waals surface area (Å²) >= 11 is 1.55. The molecule has 1 aliphatic heterocycles. The number of aryl methyl sites for hydroxylation is 1. The van der Waals surface area contributed by atoms with Gasteiger partial charge in [0.2, 0.25) is 5.91 Å². The Bertz CT molecular complexity index is 1460. The van der Waals surface area contributed by atoms with Gasteiger partial charge in [-0.25, -0.2) is 0 Å². The fourth-order valence-electron chi connectivity index (χ4n) is 4.52. The molecule has 6 nitrogen and oxygen atoms in total. The second-order valence-electron chi connectivity index (χ2n) is 8.44. The van der Waals surface area contributed by atoms with Crippen LogP contribution in [0.4, 0.5) is 5.69 Å². The molecule has 0 spiro atoms. The first kappa shape index (κ1) is 22.6. The molecule has 2 aromatic heterocycles. The summed E-state index contributed by atoms with van der Waals surface area (Å²) in [7, 11) is 0. The second-order valence-corrected chi connectivity index (χ2v) is 9.47. The molecule has 7 heteroatoms. The van der Waals surface area contributed by atoms with Gasteiger partial charge in [0, 0.05) is 39.8 Å². The monoisotopic (exact) mass is 480 g/mol. The first-order chi connectivity index (χ1) is 17.1. The van der Waals surface area contributed by atoms with E-state index in [1.807, 2.05) is 81.7 Å². The van der Waals surface area contributed by atoms with Gasteiger partial charge in [-0.1, -0.05) is 42.5 Å². The van der Waals surface area contributed by atoms with E-state index in [0.717, 1.165) is 39.9 Å². The standard InChI is InChI=1S/C28H24N4O2S/c29-16-21(28(34)30-17-23-9-6-14-35-23)15-22-18-31(26-12-4-2-10-24(22)26)19-27(33)32-13-5-8-20-7-1-3-11-25(20)32/h1-4,6-7,9-12,14-15,18H,5,8,13,17,19H2,(H,30,34). The zero-order valence-electron chi connectivity index (χ0n) is 19.1. The number of aromatic nitrogens is 1. The zero-order chi connectivity index (χ0) is 24.2. The predicted octanol–water partition coefficient (Wildman–Crippen LogP) is 4.91. The molecular formula is C28H24N4O2S. The highest BCUT2D eigenvalue weighted by Crippen LogP contribution is 2.28. The van der Waals surface area contributed by atoms with Gasteiger partial charge in [0.1, 0.15) is 18.2 Å². The van der Waals surface area contributed by atoms with Crippen LogP contribution in [0.2, 0.25) is 0 Å². The minimum absolute atomic E-state index is 0.0163. The quantitative estimate of drug-likeness (QED) is 0.315. The second kappa shape index (κ2) is 10.00. The van der Waals surface area contributed by atoms with Crippen LogP contribution in [0.3, 0.4) is 0 Å². The Hall–Kier alpha value is -4.15. The largest absolute Gasteiger partial charge is 0.347 e. The lowest BCUT2D eigenvalue weighted by Crippen LogP contribution is -2.37. The van der Waals surface area contributed by atoms with Crippen molar-refractivity contribution in [2.45, 2.75) is 25.9 Å². The van der Waals surface area contributed by atoms with Crippen LogP contribution in [-0.4, -0.2) is 22.9 Å². The maximum Gasteiger partial charge on any atom is 0.262 e. The van der Waals surface area contributed by atoms with Crippen LogP contribution in [-0.2, 0) is 29.1 Å². The third-order valence-corrected chi connectivity index (χ3v) is 7.08. The minimum atomic E-state index is -0.418. The summed E-state index contributed by atoms with van der Waals surface area (Å²) in [5.41, 5.74) is 3.82. The molecule has 2 amide bonds. The van der Waals surface area contributed by atoms with Crippen LogP contribution in [0.15, 0.2) is 77.8 Å². The number of hydrogen-bond donors (Lipinski definition) is 1. The molecule has 3 heterocycles. The van der Waals surface area contributed by atoms with Crippen LogP contribution >= 0.6 is 11.3 Å². The molecule has 1 aliphatic rings. The molecule has 0 radical (unpaired) electrons. The number of benzene rings is 2. The Morgan fingerprint density at radius 1 is 1.09 bits per heavy atom. The minimum Gasteiger partial charge on any atom is -0.347 e. The van der Waals surface area contributed by atoms with Gasteiger partial charge in [-0.3, -0.25) is 9.59 Å². The van der Waals surface area contributed by atoms with Gasteiger partial charge in [-0.15, -0.1) is 11.3 Å². The van der Waals surface area contributed by atoms with E-state index < -0.39 is 5.91 Å². The number of thiophene rings is 1. The maximum atomic E-state index is 13.3. The number of carbonyl (C=O) groups is 2. The molecule has 174 valence electrons. The van der Waals surface area contributed by atoms with E-state index in [0.29, 0.717) is 13.1 Å². The van der Waals surface area contributed by atoms with Crippen molar-refractivity contribution in [1.29, 1.82) is 5.26 Å². The summed E-state index contributed by atoms with van der Waals surface area (Å²) in [6, 6.07) is 21.7. The molecule has 0 atom stereocenters. The molecule has 0 fully saturated rings. The average molecular weight is 481 g/mol. The lowest BCUT2D eigenvalue weighted by Gasteiger charge is -2.29. The summed E-state index contributed by atoms with van der Waals surface area (Å²) in [5, 5.41) is 15.3. The summed E-state index contributed by atoms with van der Waals surface area (Å²) in [6.07, 6.45) is 5.37. The highest BCUT2D eigenvalue weighted by molar-refractivity contribution is 7.09. The SMILES string of the molecule is N#CC(=Cc1cn(CC(=O)N2CCCc3ccccc32)c2ccccc12)C(=O)NCc1cccs1. The van der Waals surface area contributed by atoms with Crippen molar-refractivity contribution in [3.8, 4) is 6.07 Å². The fourth-order valence-corrected chi connectivity index (χ4v) is 5.17. The van der Waals surface area contributed by atoms with Crippen LogP contribution in [0.25, 0.3) is 17.0 Å². The van der Waals surface area contributed by atoms with Gasteiger partial charge in [0.15, 0.2) is 0 Å². The van der Waals surface area contributed by atoms with Gasteiger partial charge in [-0.2, -0.15) is 5.26 Å². The Balaban J connectivity index is 1.41. The van der Waals surface area contributed by atoms with Crippen molar-refractivity contribution < 1.29 is 9.59 Å². The molecule has 0 unspecified atom stereocenters. The van der Waals surface area contributed by atoms with Crippen molar-refractivity contribution in [1.82, 2.24) is 9.88 Å². The first-order valence-electron chi connectivity index (χ1n) is 11.5. The Morgan fingerprint density at radius 3 is 2.74 bits per heavy atom. The number of fused-ring (bicyclic) bond motifs is 2. The fraction of sp³-hybridized carbons (Fsp3) is 0.179.